The smallest absolute Gasteiger partial charge is 0.206 e. The second-order valence-electron chi connectivity index (χ2n) is 5.92. The van der Waals surface area contributed by atoms with E-state index in [-0.39, 0.29) is 11.9 Å². The second kappa shape index (κ2) is 8.09. The number of anilines is 1. The van der Waals surface area contributed by atoms with Crippen LogP contribution in [0.3, 0.4) is 0 Å². The van der Waals surface area contributed by atoms with Gasteiger partial charge < -0.3 is 10.1 Å². The molecule has 1 aliphatic rings. The maximum Gasteiger partial charge on any atom is 0.206 e. The lowest BCUT2D eigenvalue weighted by Crippen LogP contribution is -2.18. The zero-order chi connectivity index (χ0) is 16.9. The lowest BCUT2D eigenvalue weighted by Gasteiger charge is -2.08. The molecule has 7 heteroatoms. The normalized spacial score (nSPS) is 17.2. The molecule has 0 aliphatic carbocycles. The van der Waals surface area contributed by atoms with E-state index in [0.717, 1.165) is 52.2 Å². The monoisotopic (exact) mass is 363 g/mol. The molecule has 2 aromatic rings. The number of aryl methyl sites for hydroxylation is 2. The summed E-state index contributed by atoms with van der Waals surface area (Å²) in [6.45, 7) is 5.58. The summed E-state index contributed by atoms with van der Waals surface area (Å²) in [5, 5.41) is 12.3. The van der Waals surface area contributed by atoms with Gasteiger partial charge in [-0.1, -0.05) is 40.8 Å². The summed E-state index contributed by atoms with van der Waals surface area (Å²) in [5.74, 6) is 0.510. The molecule has 1 aromatic carbocycles. The number of thioether (sulfide) groups is 1. The standard InChI is InChI=1S/C17H21N3O2S2/c1-11-5-6-12(2)14(8-11)15(21)10-23-17-20-19-16(24-17)18-9-13-4-3-7-22-13/h5-6,8,13H,3-4,7,9-10H2,1-2H3,(H,18,19). The van der Waals surface area contributed by atoms with Crippen molar-refractivity contribution in [3.05, 3.63) is 34.9 Å². The number of nitrogens with one attached hydrogen (secondary N) is 1. The quantitative estimate of drug-likeness (QED) is 0.597. The van der Waals surface area contributed by atoms with Gasteiger partial charge in [0.25, 0.3) is 0 Å². The molecular formula is C17H21N3O2S2. The lowest BCUT2D eigenvalue weighted by molar-refractivity contribution is 0.102. The first kappa shape index (κ1) is 17.4. The van der Waals surface area contributed by atoms with Gasteiger partial charge in [0.05, 0.1) is 11.9 Å². The minimum Gasteiger partial charge on any atom is -0.376 e. The van der Waals surface area contributed by atoms with Gasteiger partial charge in [-0.25, -0.2) is 0 Å². The number of hydrogen-bond donors (Lipinski definition) is 1. The molecule has 1 aliphatic heterocycles. The van der Waals surface area contributed by atoms with Gasteiger partial charge in [0.1, 0.15) is 0 Å². The highest BCUT2D eigenvalue weighted by Gasteiger charge is 2.16. The van der Waals surface area contributed by atoms with E-state index in [4.69, 9.17) is 4.74 Å². The molecule has 0 radical (unpaired) electrons. The minimum atomic E-state index is 0.130. The average Bonchev–Trinajstić information content (AvgIpc) is 3.24. The molecule has 1 N–H and O–H groups in total. The van der Waals surface area contributed by atoms with Crippen molar-refractivity contribution in [2.45, 2.75) is 37.1 Å². The molecule has 0 amide bonds. The van der Waals surface area contributed by atoms with Gasteiger partial charge in [0.2, 0.25) is 5.13 Å². The van der Waals surface area contributed by atoms with Crippen LogP contribution in [0.1, 0.15) is 34.3 Å². The van der Waals surface area contributed by atoms with Gasteiger partial charge in [-0.3, -0.25) is 4.79 Å². The first-order chi connectivity index (χ1) is 11.6. The van der Waals surface area contributed by atoms with Crippen LogP contribution in [0.5, 0.6) is 0 Å². The van der Waals surface area contributed by atoms with Gasteiger partial charge in [-0.15, -0.1) is 10.2 Å². The van der Waals surface area contributed by atoms with Crippen LogP contribution in [0.4, 0.5) is 5.13 Å². The first-order valence-electron chi connectivity index (χ1n) is 8.04. The Morgan fingerprint density at radius 1 is 1.42 bits per heavy atom. The molecule has 128 valence electrons. The first-order valence-corrected chi connectivity index (χ1v) is 9.84. The van der Waals surface area contributed by atoms with Crippen molar-refractivity contribution in [3.8, 4) is 0 Å². The Balaban J connectivity index is 1.51. The van der Waals surface area contributed by atoms with Crippen molar-refractivity contribution in [3.63, 3.8) is 0 Å². The Kier molecular flexibility index (Phi) is 5.86. The fourth-order valence-electron chi connectivity index (χ4n) is 2.59. The molecule has 1 unspecified atom stereocenters. The number of rotatable bonds is 7. The third kappa shape index (κ3) is 4.55. The van der Waals surface area contributed by atoms with E-state index < -0.39 is 0 Å². The summed E-state index contributed by atoms with van der Waals surface area (Å²) in [6, 6.07) is 5.97. The van der Waals surface area contributed by atoms with E-state index in [2.05, 4.69) is 15.5 Å². The molecule has 0 spiro atoms. The number of nitrogens with zero attached hydrogens (tertiary/aromatic N) is 2. The molecule has 24 heavy (non-hydrogen) atoms. The molecule has 0 bridgehead atoms. The van der Waals surface area contributed by atoms with Crippen LogP contribution >= 0.6 is 23.1 Å². The predicted octanol–water partition coefficient (Wildman–Crippen LogP) is 3.72. The number of ketones is 1. The summed E-state index contributed by atoms with van der Waals surface area (Å²) >= 11 is 2.92. The van der Waals surface area contributed by atoms with Crippen LogP contribution in [0.2, 0.25) is 0 Å². The molecule has 1 saturated heterocycles. The fraction of sp³-hybridized carbons (Fsp3) is 0.471. The van der Waals surface area contributed by atoms with E-state index in [0.29, 0.717) is 5.75 Å². The van der Waals surface area contributed by atoms with Crippen molar-refractivity contribution in [2.75, 3.05) is 24.2 Å². The summed E-state index contributed by atoms with van der Waals surface area (Å²) in [6.07, 6.45) is 2.50. The van der Waals surface area contributed by atoms with Crippen LogP contribution in [-0.4, -0.2) is 41.0 Å². The number of ether oxygens (including phenoxy) is 1. The Hall–Kier alpha value is -1.44. The van der Waals surface area contributed by atoms with Crippen LogP contribution in [-0.2, 0) is 4.74 Å². The van der Waals surface area contributed by atoms with E-state index in [9.17, 15) is 4.79 Å². The summed E-state index contributed by atoms with van der Waals surface area (Å²) in [4.78, 5) is 12.4. The Labute approximate surface area is 150 Å². The third-order valence-corrected chi connectivity index (χ3v) is 5.95. The molecule has 1 fully saturated rings. The van der Waals surface area contributed by atoms with Crippen molar-refractivity contribution in [1.29, 1.82) is 0 Å². The number of carbonyl (C=O) groups is 1. The SMILES string of the molecule is Cc1ccc(C)c(C(=O)CSc2nnc(NCC3CCCO3)s2)c1. The maximum absolute atomic E-state index is 12.4. The van der Waals surface area contributed by atoms with Crippen molar-refractivity contribution < 1.29 is 9.53 Å². The van der Waals surface area contributed by atoms with Crippen LogP contribution in [0, 0.1) is 13.8 Å². The molecule has 5 nitrogen and oxygen atoms in total. The van der Waals surface area contributed by atoms with Crippen molar-refractivity contribution in [2.24, 2.45) is 0 Å². The van der Waals surface area contributed by atoms with Gasteiger partial charge >= 0.3 is 0 Å². The van der Waals surface area contributed by atoms with E-state index >= 15 is 0 Å². The van der Waals surface area contributed by atoms with Crippen LogP contribution in [0.15, 0.2) is 22.5 Å². The molecular weight excluding hydrogens is 342 g/mol. The Morgan fingerprint density at radius 2 is 2.29 bits per heavy atom. The van der Waals surface area contributed by atoms with Gasteiger partial charge in [-0.2, -0.15) is 0 Å². The van der Waals surface area contributed by atoms with Gasteiger partial charge in [0, 0.05) is 18.7 Å². The summed E-state index contributed by atoms with van der Waals surface area (Å²) in [5.41, 5.74) is 2.91. The average molecular weight is 364 g/mol. The topological polar surface area (TPSA) is 64.1 Å². The zero-order valence-electron chi connectivity index (χ0n) is 13.9. The van der Waals surface area contributed by atoms with Crippen LogP contribution in [0.25, 0.3) is 0 Å². The van der Waals surface area contributed by atoms with Crippen LogP contribution < -0.4 is 5.32 Å². The number of Topliss-reactive ketones (excluding diaryl/α,β-unsaturated/α-hetero) is 1. The highest BCUT2D eigenvalue weighted by molar-refractivity contribution is 8.01. The number of benzene rings is 1. The maximum atomic E-state index is 12.4. The van der Waals surface area contributed by atoms with Crippen molar-refractivity contribution in [1.82, 2.24) is 10.2 Å². The Bertz CT molecular complexity index is 712. The molecule has 0 saturated carbocycles. The number of hydrogen-bond acceptors (Lipinski definition) is 7. The molecule has 1 aromatic heterocycles. The summed E-state index contributed by atoms with van der Waals surface area (Å²) in [7, 11) is 0. The van der Waals surface area contributed by atoms with Gasteiger partial charge in [-0.05, 0) is 38.3 Å². The molecule has 1 atom stereocenters. The Morgan fingerprint density at radius 3 is 3.08 bits per heavy atom. The van der Waals surface area contributed by atoms with E-state index in [1.807, 2.05) is 32.0 Å². The number of carbonyl (C=O) groups excluding carboxylic acids is 1. The fourth-order valence-corrected chi connectivity index (χ4v) is 4.23. The third-order valence-electron chi connectivity index (χ3n) is 3.93. The predicted molar refractivity (Wildman–Crippen MR) is 98.3 cm³/mol. The second-order valence-corrected chi connectivity index (χ2v) is 8.12. The van der Waals surface area contributed by atoms with E-state index in [1.165, 1.54) is 23.1 Å². The largest absolute Gasteiger partial charge is 0.376 e. The summed E-state index contributed by atoms with van der Waals surface area (Å²) < 4.78 is 6.38. The lowest BCUT2D eigenvalue weighted by atomic mass is 10.0. The van der Waals surface area contributed by atoms with Gasteiger partial charge in [0.15, 0.2) is 10.1 Å². The molecule has 3 rings (SSSR count). The number of aromatic nitrogens is 2. The zero-order valence-corrected chi connectivity index (χ0v) is 15.5. The minimum absolute atomic E-state index is 0.130. The van der Waals surface area contributed by atoms with Crippen molar-refractivity contribution >= 4 is 34.0 Å². The highest BCUT2D eigenvalue weighted by atomic mass is 32.2. The van der Waals surface area contributed by atoms with E-state index in [1.54, 1.807) is 0 Å². The molecule has 2 heterocycles. The highest BCUT2D eigenvalue weighted by Crippen LogP contribution is 2.27.